The second kappa shape index (κ2) is 11.3. The van der Waals surface area contributed by atoms with Crippen molar-refractivity contribution in [2.75, 3.05) is 5.32 Å². The lowest BCUT2D eigenvalue weighted by atomic mass is 9.38. The van der Waals surface area contributed by atoms with E-state index < -0.39 is 11.5 Å². The first-order valence-corrected chi connectivity index (χ1v) is 18.4. The van der Waals surface area contributed by atoms with Crippen LogP contribution in [0.25, 0.3) is 43.5 Å². The molecular formula is C40H37N7O4S. The van der Waals surface area contributed by atoms with Gasteiger partial charge in [-0.15, -0.1) is 0 Å². The van der Waals surface area contributed by atoms with Crippen LogP contribution in [0.15, 0.2) is 78.2 Å². The maximum atomic E-state index is 13.5. The lowest BCUT2D eigenvalue weighted by Gasteiger charge is -2.67. The largest absolute Gasteiger partial charge is 0.476 e. The molecule has 0 spiro atoms. The predicted octanol–water partition coefficient (Wildman–Crippen LogP) is 8.91. The van der Waals surface area contributed by atoms with E-state index >= 15 is 0 Å². The van der Waals surface area contributed by atoms with Crippen LogP contribution in [0.1, 0.15) is 78.9 Å². The van der Waals surface area contributed by atoms with Crippen LogP contribution < -0.4 is 5.32 Å². The molecular weight excluding hydrogens is 675 g/mol. The van der Waals surface area contributed by atoms with Gasteiger partial charge in [0.2, 0.25) is 0 Å². The summed E-state index contributed by atoms with van der Waals surface area (Å²) in [5.41, 5.74) is 4.47. The number of rotatable bonds is 8. The number of nitrogens with one attached hydrogen (secondary N) is 1. The molecule has 4 aliphatic rings. The minimum atomic E-state index is -1.15. The summed E-state index contributed by atoms with van der Waals surface area (Å²) in [6, 6.07) is 18.4. The number of fused-ring (bicyclic) bond motifs is 2. The van der Waals surface area contributed by atoms with E-state index in [4.69, 9.17) is 5.10 Å². The quantitative estimate of drug-likeness (QED) is 0.149. The summed E-state index contributed by atoms with van der Waals surface area (Å²) in [5.74, 6) is -1.47. The molecule has 2 aromatic carbocycles. The Balaban J connectivity index is 1.03. The molecule has 4 saturated carbocycles. The number of carbonyl (C=O) groups excluding carboxylic acids is 1. The maximum absolute atomic E-state index is 13.5. The molecule has 2 N–H and O–H groups in total. The van der Waals surface area contributed by atoms with Gasteiger partial charge in [-0.25, -0.2) is 14.8 Å². The summed E-state index contributed by atoms with van der Waals surface area (Å²) in [5, 5.41) is 23.0. The molecule has 1 amide bonds. The van der Waals surface area contributed by atoms with Crippen LogP contribution in [-0.2, 0) is 6.54 Å². The fourth-order valence-corrected chi connectivity index (χ4v) is 11.8. The molecule has 52 heavy (non-hydrogen) atoms. The smallest absolute Gasteiger partial charge is 0.355 e. The third kappa shape index (κ3) is 5.30. The zero-order valence-corrected chi connectivity index (χ0v) is 30.0. The number of benzene rings is 2. The number of nitroso groups, excluding NO2 is 1. The van der Waals surface area contributed by atoms with E-state index in [1.54, 1.807) is 36.7 Å². The van der Waals surface area contributed by atoms with Crippen molar-refractivity contribution in [2.24, 2.45) is 21.4 Å². The van der Waals surface area contributed by atoms with Crippen LogP contribution in [0, 0.1) is 28.1 Å². The maximum Gasteiger partial charge on any atom is 0.355 e. The van der Waals surface area contributed by atoms with E-state index in [1.165, 1.54) is 11.3 Å². The number of aromatic nitrogens is 5. The van der Waals surface area contributed by atoms with Gasteiger partial charge in [0.25, 0.3) is 5.91 Å². The summed E-state index contributed by atoms with van der Waals surface area (Å²) in [4.78, 5) is 52.1. The average Bonchev–Trinajstić information content (AvgIpc) is 3.67. The second-order valence-corrected chi connectivity index (χ2v) is 17.3. The highest BCUT2D eigenvalue weighted by Crippen LogP contribution is 2.72. The lowest BCUT2D eigenvalue weighted by Crippen LogP contribution is -2.62. The molecule has 4 heterocycles. The van der Waals surface area contributed by atoms with E-state index in [9.17, 15) is 19.6 Å². The molecule has 0 aliphatic heterocycles. The third-order valence-electron chi connectivity index (χ3n) is 11.6. The zero-order chi connectivity index (χ0) is 36.0. The second-order valence-electron chi connectivity index (χ2n) is 16.2. The molecule has 4 bridgehead atoms. The molecule has 10 rings (SSSR count). The van der Waals surface area contributed by atoms with E-state index in [-0.39, 0.29) is 27.8 Å². The Bertz CT molecular complexity index is 2440. The summed E-state index contributed by atoms with van der Waals surface area (Å²) in [6.07, 6.45) is 8.99. The van der Waals surface area contributed by atoms with Crippen molar-refractivity contribution in [3.05, 3.63) is 94.9 Å². The Morgan fingerprint density at radius 2 is 1.71 bits per heavy atom. The zero-order valence-electron chi connectivity index (χ0n) is 29.1. The van der Waals surface area contributed by atoms with Gasteiger partial charge in [-0.2, -0.15) is 10.0 Å². The lowest BCUT2D eigenvalue weighted by molar-refractivity contribution is -0.161. The number of thiazole rings is 1. The topological polar surface area (TPSA) is 152 Å². The summed E-state index contributed by atoms with van der Waals surface area (Å²) in [7, 11) is 0. The molecule has 6 aromatic rings. The molecule has 0 saturated heterocycles. The van der Waals surface area contributed by atoms with Crippen LogP contribution in [-0.4, -0.2) is 47.3 Å². The Hall–Kier alpha value is -5.36. The summed E-state index contributed by atoms with van der Waals surface area (Å²) >= 11 is 1.40. The first-order chi connectivity index (χ1) is 24.9. The molecule has 262 valence electrons. The van der Waals surface area contributed by atoms with E-state index in [0.29, 0.717) is 50.5 Å². The molecule has 12 heteroatoms. The summed E-state index contributed by atoms with van der Waals surface area (Å²) < 4.78 is 2.97. The van der Waals surface area contributed by atoms with E-state index in [1.807, 2.05) is 48.0 Å². The van der Waals surface area contributed by atoms with Crippen molar-refractivity contribution in [1.29, 1.82) is 0 Å². The van der Waals surface area contributed by atoms with Gasteiger partial charge in [0.15, 0.2) is 10.8 Å². The number of hydrogen-bond acceptors (Lipinski definition) is 9. The van der Waals surface area contributed by atoms with Crippen LogP contribution >= 0.6 is 11.3 Å². The first-order valence-electron chi connectivity index (χ1n) is 17.6. The SMILES string of the molecule is Cc1c(-c2ccc(-c3ccc4nccc(C(=O)Nc5nc6ccccc6s5)c4c3)nc2C(=O)O)cnn1CC12CC3(C)CC(C)(C1)CC(N=O)(C3)C2. The Kier molecular flexibility index (Phi) is 7.08. The van der Waals surface area contributed by atoms with Gasteiger partial charge in [-0.05, 0) is 104 Å². The van der Waals surface area contributed by atoms with Crippen LogP contribution in [0.4, 0.5) is 5.13 Å². The number of carboxylic acids is 1. The molecule has 2 unspecified atom stereocenters. The molecule has 4 fully saturated rings. The van der Waals surface area contributed by atoms with Crippen molar-refractivity contribution in [1.82, 2.24) is 24.7 Å². The van der Waals surface area contributed by atoms with Crippen molar-refractivity contribution >= 4 is 49.5 Å². The van der Waals surface area contributed by atoms with Crippen molar-refractivity contribution in [2.45, 2.75) is 71.4 Å². The van der Waals surface area contributed by atoms with Crippen molar-refractivity contribution < 1.29 is 14.7 Å². The highest BCUT2D eigenvalue weighted by atomic mass is 32.1. The van der Waals surface area contributed by atoms with Crippen LogP contribution in [0.5, 0.6) is 0 Å². The standard InChI is InChI=1S/C40H37N7O4S/c1-23-28(15-42-47(23)22-39-17-37(2)16-38(3,18-39)20-40(19-37,21-39)46-51)25-9-11-29(43-33(25)35(49)50)24-8-10-30-27(14-24)26(12-13-41-30)34(48)45-36-44-31-6-4-5-7-32(31)52-36/h4-15H,16-22H2,1-3H3,(H,49,50)(H,44,45,48). The first kappa shape index (κ1) is 32.5. The molecule has 2 atom stereocenters. The van der Waals surface area contributed by atoms with Crippen molar-refractivity contribution in [3.63, 3.8) is 0 Å². The van der Waals surface area contributed by atoms with E-state index in [2.05, 4.69) is 39.3 Å². The number of amides is 1. The molecule has 4 aromatic heterocycles. The minimum absolute atomic E-state index is 0.0807. The van der Waals surface area contributed by atoms with Gasteiger partial charge in [0, 0.05) is 40.5 Å². The highest BCUT2D eigenvalue weighted by Gasteiger charge is 2.66. The minimum Gasteiger partial charge on any atom is -0.476 e. The van der Waals surface area contributed by atoms with Gasteiger partial charge >= 0.3 is 5.97 Å². The van der Waals surface area contributed by atoms with Gasteiger partial charge in [-0.1, -0.05) is 48.6 Å². The Morgan fingerprint density at radius 3 is 2.46 bits per heavy atom. The Labute approximate surface area is 303 Å². The van der Waals surface area contributed by atoms with E-state index in [0.717, 1.165) is 54.4 Å². The number of carbonyl (C=O) groups is 2. The highest BCUT2D eigenvalue weighted by molar-refractivity contribution is 7.22. The molecule has 0 radical (unpaired) electrons. The van der Waals surface area contributed by atoms with Crippen molar-refractivity contribution in [3.8, 4) is 22.4 Å². The number of aromatic carboxylic acids is 1. The average molecular weight is 712 g/mol. The van der Waals surface area contributed by atoms with Gasteiger partial charge in [0.1, 0.15) is 5.54 Å². The molecule has 11 nitrogen and oxygen atoms in total. The predicted molar refractivity (Wildman–Crippen MR) is 200 cm³/mol. The molecule has 4 aliphatic carbocycles. The number of carboxylic acid groups (broad SMARTS) is 1. The third-order valence-corrected chi connectivity index (χ3v) is 12.6. The fourth-order valence-electron chi connectivity index (χ4n) is 10.9. The van der Waals surface area contributed by atoms with Gasteiger partial charge in [0.05, 0.1) is 33.2 Å². The number of para-hydroxylation sites is 1. The Morgan fingerprint density at radius 1 is 0.923 bits per heavy atom. The number of nitrogens with zero attached hydrogens (tertiary/aromatic N) is 6. The van der Waals surface area contributed by atoms with Gasteiger partial charge in [-0.3, -0.25) is 19.8 Å². The fraction of sp³-hybridized carbons (Fsp3) is 0.350. The van der Waals surface area contributed by atoms with Crippen LogP contribution in [0.3, 0.4) is 0 Å². The van der Waals surface area contributed by atoms with Crippen LogP contribution in [0.2, 0.25) is 0 Å². The normalized spacial score (nSPS) is 26.2. The summed E-state index contributed by atoms with van der Waals surface area (Å²) in [6.45, 7) is 7.26. The number of hydrogen-bond donors (Lipinski definition) is 2. The van der Waals surface area contributed by atoms with Gasteiger partial charge < -0.3 is 5.11 Å². The monoisotopic (exact) mass is 711 g/mol. The number of anilines is 1. The number of pyridine rings is 2.